The Morgan fingerprint density at radius 3 is 2.48 bits per heavy atom. The number of piperidine rings is 1. The number of ether oxygens (including phenoxy) is 1. The lowest BCUT2D eigenvalue weighted by Crippen LogP contribution is -2.63. The Hall–Kier alpha value is -1.19. The quantitative estimate of drug-likeness (QED) is 0.556. The first kappa shape index (κ1) is 26.4. The van der Waals surface area contributed by atoms with Gasteiger partial charge in [-0.2, -0.15) is 0 Å². The Labute approximate surface area is 203 Å². The van der Waals surface area contributed by atoms with Crippen molar-refractivity contribution in [1.82, 2.24) is 20.0 Å². The Kier molecular flexibility index (Phi) is 10.0. The van der Waals surface area contributed by atoms with E-state index in [0.717, 1.165) is 83.1 Å². The number of benzene rings is 1. The fraction of sp³-hybridized carbons (Fsp3) is 0.720. The molecule has 3 rings (SSSR count). The third-order valence-electron chi connectivity index (χ3n) is 7.10. The standard InChI is InChI=1S/C25H41FN4O2S/c1-5-33-21(3)30-10-8-25(9-11-30,19-29-14-12-28(13-15-29)16-17-32-4)27-24(31)23-18-22(26)7-6-20(23)2/h6-7,18,21H,5,8-17,19H2,1-4H3,(H,27,31). The Balaban J connectivity index is 1.69. The number of piperazine rings is 1. The maximum Gasteiger partial charge on any atom is 0.252 e. The topological polar surface area (TPSA) is 48.1 Å². The summed E-state index contributed by atoms with van der Waals surface area (Å²) in [6, 6.07) is 4.46. The molecule has 1 aromatic rings. The highest BCUT2D eigenvalue weighted by Gasteiger charge is 2.39. The number of rotatable bonds is 10. The van der Waals surface area contributed by atoms with Gasteiger partial charge in [0.15, 0.2) is 0 Å². The Bertz CT molecular complexity index is 765. The normalized spacial score (nSPS) is 21.1. The van der Waals surface area contributed by atoms with Crippen LogP contribution in [0.2, 0.25) is 0 Å². The number of carbonyl (C=O) groups excluding carboxylic acids is 1. The third kappa shape index (κ3) is 7.39. The molecule has 0 aliphatic carbocycles. The van der Waals surface area contributed by atoms with E-state index in [1.807, 2.05) is 18.7 Å². The largest absolute Gasteiger partial charge is 0.383 e. The van der Waals surface area contributed by atoms with Crippen LogP contribution >= 0.6 is 11.8 Å². The number of halogens is 1. The van der Waals surface area contributed by atoms with Crippen molar-refractivity contribution in [2.24, 2.45) is 0 Å². The van der Waals surface area contributed by atoms with Crippen LogP contribution in [-0.4, -0.2) is 103 Å². The first-order chi connectivity index (χ1) is 15.9. The molecular weight excluding hydrogens is 439 g/mol. The minimum Gasteiger partial charge on any atom is -0.383 e. The molecule has 0 bridgehead atoms. The van der Waals surface area contributed by atoms with E-state index >= 15 is 0 Å². The van der Waals surface area contributed by atoms with Crippen LogP contribution < -0.4 is 5.32 Å². The number of aryl methyl sites for hydroxylation is 1. The van der Waals surface area contributed by atoms with Gasteiger partial charge in [-0.05, 0) is 50.1 Å². The van der Waals surface area contributed by atoms with E-state index in [9.17, 15) is 9.18 Å². The molecule has 1 N–H and O–H groups in total. The van der Waals surface area contributed by atoms with Gasteiger partial charge >= 0.3 is 0 Å². The van der Waals surface area contributed by atoms with Gasteiger partial charge in [0.1, 0.15) is 5.82 Å². The lowest BCUT2D eigenvalue weighted by atomic mass is 9.85. The molecule has 2 saturated heterocycles. The van der Waals surface area contributed by atoms with E-state index in [1.165, 1.54) is 12.1 Å². The Morgan fingerprint density at radius 2 is 1.85 bits per heavy atom. The zero-order valence-corrected chi connectivity index (χ0v) is 21.6. The summed E-state index contributed by atoms with van der Waals surface area (Å²) in [5.74, 6) is 0.577. The van der Waals surface area contributed by atoms with Crippen molar-refractivity contribution in [3.8, 4) is 0 Å². The highest BCUT2D eigenvalue weighted by molar-refractivity contribution is 7.99. The summed E-state index contributed by atoms with van der Waals surface area (Å²) >= 11 is 1.97. The number of carbonyl (C=O) groups is 1. The van der Waals surface area contributed by atoms with Crippen LogP contribution in [0.15, 0.2) is 18.2 Å². The molecule has 0 spiro atoms. The number of hydrogen-bond acceptors (Lipinski definition) is 6. The molecule has 1 atom stereocenters. The highest BCUT2D eigenvalue weighted by Crippen LogP contribution is 2.29. The van der Waals surface area contributed by atoms with Crippen LogP contribution in [0.1, 0.15) is 42.6 Å². The second-order valence-corrected chi connectivity index (χ2v) is 11.0. The van der Waals surface area contributed by atoms with Crippen molar-refractivity contribution in [2.75, 3.05) is 71.8 Å². The third-order valence-corrected chi connectivity index (χ3v) is 8.22. The summed E-state index contributed by atoms with van der Waals surface area (Å²) in [5.41, 5.74) is 0.954. The second kappa shape index (κ2) is 12.5. The molecule has 33 heavy (non-hydrogen) atoms. The predicted octanol–water partition coefficient (Wildman–Crippen LogP) is 3.06. The molecule has 0 aromatic heterocycles. The van der Waals surface area contributed by atoms with Gasteiger partial charge in [0.05, 0.1) is 17.5 Å². The SMILES string of the molecule is CCSC(C)N1CCC(CN2CCN(CCOC)CC2)(NC(=O)c2cc(F)ccc2C)CC1. The zero-order valence-electron chi connectivity index (χ0n) is 20.7. The van der Waals surface area contributed by atoms with E-state index in [4.69, 9.17) is 4.74 Å². The van der Waals surface area contributed by atoms with Gasteiger partial charge in [0.25, 0.3) is 5.91 Å². The lowest BCUT2D eigenvalue weighted by Gasteiger charge is -2.47. The number of thioether (sulfide) groups is 1. The molecule has 1 unspecified atom stereocenters. The summed E-state index contributed by atoms with van der Waals surface area (Å²) in [5, 5.41) is 3.87. The average Bonchev–Trinajstić information content (AvgIpc) is 2.80. The molecule has 2 aliphatic heterocycles. The molecule has 8 heteroatoms. The predicted molar refractivity (Wildman–Crippen MR) is 134 cm³/mol. The molecule has 2 aliphatic rings. The number of nitrogens with one attached hydrogen (secondary N) is 1. The molecular formula is C25H41FN4O2S. The molecule has 2 heterocycles. The maximum absolute atomic E-state index is 13.9. The zero-order chi connectivity index (χ0) is 23.8. The van der Waals surface area contributed by atoms with Crippen LogP contribution in [0.3, 0.4) is 0 Å². The van der Waals surface area contributed by atoms with Gasteiger partial charge in [-0.25, -0.2) is 4.39 Å². The van der Waals surface area contributed by atoms with Crippen LogP contribution in [0.5, 0.6) is 0 Å². The van der Waals surface area contributed by atoms with Crippen LogP contribution in [0, 0.1) is 12.7 Å². The fourth-order valence-electron chi connectivity index (χ4n) is 4.95. The molecule has 1 aromatic carbocycles. The number of amides is 1. The summed E-state index contributed by atoms with van der Waals surface area (Å²) in [6.07, 6.45) is 1.82. The smallest absolute Gasteiger partial charge is 0.252 e. The van der Waals surface area contributed by atoms with Crippen molar-refractivity contribution in [3.63, 3.8) is 0 Å². The summed E-state index contributed by atoms with van der Waals surface area (Å²) < 4.78 is 19.1. The van der Waals surface area contributed by atoms with Gasteiger partial charge in [0.2, 0.25) is 0 Å². The Morgan fingerprint density at radius 1 is 1.18 bits per heavy atom. The molecule has 0 radical (unpaired) electrons. The van der Waals surface area contributed by atoms with E-state index < -0.39 is 0 Å². The van der Waals surface area contributed by atoms with Gasteiger partial charge in [0, 0.05) is 65.0 Å². The van der Waals surface area contributed by atoms with Crippen LogP contribution in [0.4, 0.5) is 4.39 Å². The van der Waals surface area contributed by atoms with Crippen molar-refractivity contribution >= 4 is 17.7 Å². The molecule has 0 saturated carbocycles. The van der Waals surface area contributed by atoms with E-state index in [-0.39, 0.29) is 17.3 Å². The van der Waals surface area contributed by atoms with Crippen molar-refractivity contribution < 1.29 is 13.9 Å². The average molecular weight is 481 g/mol. The molecule has 186 valence electrons. The van der Waals surface area contributed by atoms with Crippen molar-refractivity contribution in [3.05, 3.63) is 35.1 Å². The number of nitrogens with zero attached hydrogens (tertiary/aromatic N) is 3. The first-order valence-electron chi connectivity index (χ1n) is 12.2. The first-order valence-corrected chi connectivity index (χ1v) is 13.3. The minimum atomic E-state index is -0.368. The van der Waals surface area contributed by atoms with Gasteiger partial charge in [-0.15, -0.1) is 11.8 Å². The lowest BCUT2D eigenvalue weighted by molar-refractivity contribution is 0.0491. The van der Waals surface area contributed by atoms with Crippen LogP contribution in [0.25, 0.3) is 0 Å². The molecule has 6 nitrogen and oxygen atoms in total. The van der Waals surface area contributed by atoms with Crippen LogP contribution in [-0.2, 0) is 4.74 Å². The highest BCUT2D eigenvalue weighted by atomic mass is 32.2. The fourth-order valence-corrected chi connectivity index (χ4v) is 5.86. The monoisotopic (exact) mass is 480 g/mol. The number of likely N-dealkylation sites (tertiary alicyclic amines) is 1. The minimum absolute atomic E-state index is 0.157. The second-order valence-electron chi connectivity index (χ2n) is 9.39. The van der Waals surface area contributed by atoms with Gasteiger partial charge in [-0.3, -0.25) is 19.5 Å². The summed E-state index contributed by atoms with van der Waals surface area (Å²) in [6.45, 7) is 14.9. The van der Waals surface area contributed by atoms with Gasteiger partial charge in [-0.1, -0.05) is 13.0 Å². The molecule has 1 amide bonds. The number of hydrogen-bond donors (Lipinski definition) is 1. The van der Waals surface area contributed by atoms with E-state index in [0.29, 0.717) is 10.9 Å². The van der Waals surface area contributed by atoms with Crippen molar-refractivity contribution in [1.29, 1.82) is 0 Å². The van der Waals surface area contributed by atoms with E-state index in [1.54, 1.807) is 13.2 Å². The summed E-state index contributed by atoms with van der Waals surface area (Å²) in [4.78, 5) is 20.7. The molecule has 2 fully saturated rings. The maximum atomic E-state index is 13.9. The summed E-state index contributed by atoms with van der Waals surface area (Å²) in [7, 11) is 1.75. The number of methoxy groups -OCH3 is 1. The van der Waals surface area contributed by atoms with E-state index in [2.05, 4.69) is 33.9 Å². The van der Waals surface area contributed by atoms with Crippen molar-refractivity contribution in [2.45, 2.75) is 44.5 Å². The van der Waals surface area contributed by atoms with Gasteiger partial charge < -0.3 is 10.1 Å².